The lowest BCUT2D eigenvalue weighted by Crippen LogP contribution is -2.14. The second-order valence-corrected chi connectivity index (χ2v) is 8.15. The normalized spacial score (nSPS) is 10.8. The molecular formula is C22H26N4O2S. The number of nitrogens with one attached hydrogen (secondary N) is 1. The molecule has 29 heavy (non-hydrogen) atoms. The second kappa shape index (κ2) is 9.13. The molecule has 3 aromatic rings. The highest BCUT2D eigenvalue weighted by Gasteiger charge is 2.12. The van der Waals surface area contributed by atoms with E-state index < -0.39 is 0 Å². The summed E-state index contributed by atoms with van der Waals surface area (Å²) in [5, 5.41) is 12.0. The highest BCUT2D eigenvalue weighted by atomic mass is 32.2. The van der Waals surface area contributed by atoms with Gasteiger partial charge in [-0.3, -0.25) is 4.79 Å². The first kappa shape index (κ1) is 20.9. The van der Waals surface area contributed by atoms with Gasteiger partial charge in [-0.05, 0) is 74.2 Å². The minimum atomic E-state index is -0.0732. The summed E-state index contributed by atoms with van der Waals surface area (Å²) < 4.78 is 7.69. The molecule has 0 aliphatic carbocycles. The number of carbonyl (C=O) groups is 1. The van der Waals surface area contributed by atoms with E-state index in [9.17, 15) is 4.79 Å². The smallest absolute Gasteiger partial charge is 0.234 e. The molecule has 1 aromatic heterocycles. The van der Waals surface area contributed by atoms with Crippen molar-refractivity contribution < 1.29 is 9.53 Å². The Morgan fingerprint density at radius 2 is 1.76 bits per heavy atom. The monoisotopic (exact) mass is 410 g/mol. The number of carbonyl (C=O) groups excluding carboxylic acids is 1. The van der Waals surface area contributed by atoms with Gasteiger partial charge in [-0.1, -0.05) is 23.9 Å². The van der Waals surface area contributed by atoms with Crippen molar-refractivity contribution in [2.45, 2.75) is 39.5 Å². The highest BCUT2D eigenvalue weighted by Crippen LogP contribution is 2.20. The lowest BCUT2D eigenvalue weighted by molar-refractivity contribution is -0.113. The average molecular weight is 411 g/mol. The summed E-state index contributed by atoms with van der Waals surface area (Å²) in [5.74, 6) is 1.70. The number of rotatable bonds is 7. The molecule has 0 saturated carbocycles. The molecule has 152 valence electrons. The van der Waals surface area contributed by atoms with Crippen LogP contribution in [0.1, 0.15) is 28.1 Å². The lowest BCUT2D eigenvalue weighted by atomic mass is 10.1. The van der Waals surface area contributed by atoms with Gasteiger partial charge in [-0.15, -0.1) is 10.2 Å². The van der Waals surface area contributed by atoms with Gasteiger partial charge in [0.2, 0.25) is 5.91 Å². The molecule has 0 atom stereocenters. The van der Waals surface area contributed by atoms with E-state index in [-0.39, 0.29) is 11.7 Å². The summed E-state index contributed by atoms with van der Waals surface area (Å²) in [6, 6.07) is 12.0. The molecule has 0 bridgehead atoms. The Kier molecular flexibility index (Phi) is 6.59. The molecule has 2 aromatic carbocycles. The van der Waals surface area contributed by atoms with Crippen molar-refractivity contribution in [1.82, 2.24) is 14.8 Å². The first-order valence-electron chi connectivity index (χ1n) is 9.41. The fourth-order valence-electron chi connectivity index (χ4n) is 2.92. The van der Waals surface area contributed by atoms with Crippen molar-refractivity contribution in [3.05, 3.63) is 64.5 Å². The average Bonchev–Trinajstić information content (AvgIpc) is 3.00. The lowest BCUT2D eigenvalue weighted by Gasteiger charge is -2.09. The zero-order valence-electron chi connectivity index (χ0n) is 17.4. The van der Waals surface area contributed by atoms with Crippen LogP contribution >= 0.6 is 11.8 Å². The maximum Gasteiger partial charge on any atom is 0.234 e. The van der Waals surface area contributed by atoms with Crippen LogP contribution in [-0.2, 0) is 18.4 Å². The molecule has 0 saturated heterocycles. The van der Waals surface area contributed by atoms with E-state index in [1.54, 1.807) is 0 Å². The molecule has 0 fully saturated rings. The molecule has 3 rings (SSSR count). The van der Waals surface area contributed by atoms with E-state index in [1.807, 2.05) is 55.8 Å². The van der Waals surface area contributed by atoms with Gasteiger partial charge in [0.1, 0.15) is 12.4 Å². The van der Waals surface area contributed by atoms with Gasteiger partial charge in [0.25, 0.3) is 0 Å². The van der Waals surface area contributed by atoms with Gasteiger partial charge in [0.05, 0.1) is 5.75 Å². The Hall–Kier alpha value is -2.80. The molecule has 0 aliphatic rings. The number of thioether (sulfide) groups is 1. The van der Waals surface area contributed by atoms with Crippen LogP contribution in [-0.4, -0.2) is 26.4 Å². The molecule has 0 unspecified atom stereocenters. The van der Waals surface area contributed by atoms with Crippen molar-refractivity contribution in [2.24, 2.45) is 7.05 Å². The van der Waals surface area contributed by atoms with E-state index >= 15 is 0 Å². The van der Waals surface area contributed by atoms with E-state index in [0.29, 0.717) is 17.6 Å². The molecular weight excluding hydrogens is 384 g/mol. The quantitative estimate of drug-likeness (QED) is 0.586. The van der Waals surface area contributed by atoms with E-state index in [0.717, 1.165) is 22.6 Å². The number of benzene rings is 2. The molecule has 0 radical (unpaired) electrons. The minimum absolute atomic E-state index is 0.0732. The molecule has 1 N–H and O–H groups in total. The van der Waals surface area contributed by atoms with E-state index in [4.69, 9.17) is 4.74 Å². The number of nitrogens with zero attached hydrogens (tertiary/aromatic N) is 3. The number of hydrogen-bond donors (Lipinski definition) is 1. The first-order chi connectivity index (χ1) is 13.8. The molecule has 1 amide bonds. The zero-order valence-corrected chi connectivity index (χ0v) is 18.3. The third-order valence-corrected chi connectivity index (χ3v) is 5.63. The minimum Gasteiger partial charge on any atom is -0.486 e. The van der Waals surface area contributed by atoms with Crippen LogP contribution in [0.4, 0.5) is 5.69 Å². The van der Waals surface area contributed by atoms with Crippen LogP contribution < -0.4 is 10.1 Å². The van der Waals surface area contributed by atoms with Gasteiger partial charge >= 0.3 is 0 Å². The maximum atomic E-state index is 12.3. The Morgan fingerprint density at radius 1 is 1.03 bits per heavy atom. The summed E-state index contributed by atoms with van der Waals surface area (Å²) in [6.45, 7) is 8.47. The predicted molar refractivity (Wildman–Crippen MR) is 117 cm³/mol. The molecule has 1 heterocycles. The van der Waals surface area contributed by atoms with Gasteiger partial charge < -0.3 is 14.6 Å². The van der Waals surface area contributed by atoms with Crippen LogP contribution in [0.15, 0.2) is 41.6 Å². The van der Waals surface area contributed by atoms with Gasteiger partial charge in [-0.25, -0.2) is 0 Å². The Morgan fingerprint density at radius 3 is 2.45 bits per heavy atom. The number of anilines is 1. The van der Waals surface area contributed by atoms with Crippen molar-refractivity contribution in [2.75, 3.05) is 11.1 Å². The molecule has 0 aliphatic heterocycles. The van der Waals surface area contributed by atoms with Gasteiger partial charge in [0, 0.05) is 12.7 Å². The number of hydrogen-bond acceptors (Lipinski definition) is 5. The van der Waals surface area contributed by atoms with Crippen molar-refractivity contribution in [3.8, 4) is 5.75 Å². The summed E-state index contributed by atoms with van der Waals surface area (Å²) in [5.41, 5.74) is 5.47. The third kappa shape index (κ3) is 5.60. The van der Waals surface area contributed by atoms with Crippen LogP contribution in [0.2, 0.25) is 0 Å². The van der Waals surface area contributed by atoms with E-state index in [2.05, 4.69) is 35.4 Å². The second-order valence-electron chi connectivity index (χ2n) is 7.21. The number of ether oxygens (including phenoxy) is 1. The number of aryl methyl sites for hydroxylation is 4. The van der Waals surface area contributed by atoms with Crippen molar-refractivity contribution in [1.29, 1.82) is 0 Å². The zero-order chi connectivity index (χ0) is 21.0. The summed E-state index contributed by atoms with van der Waals surface area (Å²) in [4.78, 5) is 12.3. The molecule has 0 spiro atoms. The van der Waals surface area contributed by atoms with Crippen molar-refractivity contribution >= 4 is 23.4 Å². The third-order valence-electron chi connectivity index (χ3n) is 4.61. The van der Waals surface area contributed by atoms with Gasteiger partial charge in [-0.2, -0.15) is 0 Å². The molecule has 7 heteroatoms. The van der Waals surface area contributed by atoms with Crippen LogP contribution in [0.25, 0.3) is 0 Å². The number of amides is 1. The summed E-state index contributed by atoms with van der Waals surface area (Å²) >= 11 is 1.35. The number of aromatic nitrogens is 3. The Bertz CT molecular complexity index is 1010. The fraction of sp³-hybridized carbons (Fsp3) is 0.318. The van der Waals surface area contributed by atoms with Crippen molar-refractivity contribution in [3.63, 3.8) is 0 Å². The van der Waals surface area contributed by atoms with Crippen LogP contribution in [0.3, 0.4) is 0 Å². The standard InChI is InChI=1S/C22H26N4O2S/c1-14-8-15(2)10-18(9-14)23-21(27)13-29-22-25-24-20(26(22)5)12-28-19-7-6-16(3)17(4)11-19/h6-11H,12-13H2,1-5H3,(H,23,27). The largest absolute Gasteiger partial charge is 0.486 e. The Balaban J connectivity index is 1.54. The predicted octanol–water partition coefficient (Wildman–Crippen LogP) is 4.36. The topological polar surface area (TPSA) is 69.0 Å². The van der Waals surface area contributed by atoms with E-state index in [1.165, 1.54) is 22.9 Å². The summed E-state index contributed by atoms with van der Waals surface area (Å²) in [7, 11) is 1.88. The van der Waals surface area contributed by atoms with Crippen LogP contribution in [0.5, 0.6) is 5.75 Å². The molecule has 6 nitrogen and oxygen atoms in total. The van der Waals surface area contributed by atoms with Crippen LogP contribution in [0, 0.1) is 27.7 Å². The first-order valence-corrected chi connectivity index (χ1v) is 10.4. The summed E-state index contributed by atoms with van der Waals surface area (Å²) in [6.07, 6.45) is 0. The Labute approximate surface area is 175 Å². The SMILES string of the molecule is Cc1cc(C)cc(NC(=O)CSc2nnc(COc3ccc(C)c(C)c3)n2C)c1. The highest BCUT2D eigenvalue weighted by molar-refractivity contribution is 7.99. The maximum absolute atomic E-state index is 12.3. The fourth-order valence-corrected chi connectivity index (χ4v) is 3.65. The van der Waals surface area contributed by atoms with Gasteiger partial charge in [0.15, 0.2) is 11.0 Å².